The molecule has 0 spiro atoms. The fourth-order valence-corrected chi connectivity index (χ4v) is 3.66. The molecule has 3 nitrogen and oxygen atoms in total. The lowest BCUT2D eigenvalue weighted by atomic mass is 9.75. The van der Waals surface area contributed by atoms with Crippen LogP contribution in [0.3, 0.4) is 0 Å². The van der Waals surface area contributed by atoms with Gasteiger partial charge in [0.15, 0.2) is 0 Å². The van der Waals surface area contributed by atoms with Crippen LogP contribution in [0.1, 0.15) is 55.7 Å². The number of aryl methyl sites for hydroxylation is 1. The van der Waals surface area contributed by atoms with E-state index in [1.165, 1.54) is 5.56 Å². The second kappa shape index (κ2) is 5.41. The van der Waals surface area contributed by atoms with E-state index in [0.717, 1.165) is 50.6 Å². The average molecular weight is 258 g/mol. The van der Waals surface area contributed by atoms with Gasteiger partial charge in [0.2, 0.25) is 0 Å². The molecule has 1 saturated carbocycles. The number of carbonyl (C=O) groups excluding carboxylic acids is 1. The Bertz CT molecular complexity index is 472. The SMILES string of the molecule is NC1CCCC(C(=O)C2CCCc3cccnc32)C1. The quantitative estimate of drug-likeness (QED) is 0.887. The van der Waals surface area contributed by atoms with E-state index in [4.69, 9.17) is 5.73 Å². The van der Waals surface area contributed by atoms with Gasteiger partial charge >= 0.3 is 0 Å². The van der Waals surface area contributed by atoms with Crippen LogP contribution >= 0.6 is 0 Å². The van der Waals surface area contributed by atoms with Crippen molar-refractivity contribution in [2.24, 2.45) is 11.7 Å². The first-order valence-corrected chi connectivity index (χ1v) is 7.49. The van der Waals surface area contributed by atoms with Gasteiger partial charge in [-0.05, 0) is 50.2 Å². The lowest BCUT2D eigenvalue weighted by Crippen LogP contribution is -2.34. The van der Waals surface area contributed by atoms with Gasteiger partial charge in [-0.1, -0.05) is 12.5 Å². The first kappa shape index (κ1) is 12.8. The molecule has 0 aliphatic heterocycles. The number of Topliss-reactive ketones (excluding diaryl/α,β-unsaturated/α-hetero) is 1. The van der Waals surface area contributed by atoms with E-state index in [2.05, 4.69) is 11.1 Å². The summed E-state index contributed by atoms with van der Waals surface area (Å²) in [5, 5.41) is 0. The summed E-state index contributed by atoms with van der Waals surface area (Å²) in [6.07, 6.45) is 9.02. The summed E-state index contributed by atoms with van der Waals surface area (Å²) in [6.45, 7) is 0. The van der Waals surface area contributed by atoms with Crippen molar-refractivity contribution in [3.05, 3.63) is 29.6 Å². The largest absolute Gasteiger partial charge is 0.328 e. The lowest BCUT2D eigenvalue weighted by molar-refractivity contribution is -0.125. The zero-order valence-corrected chi connectivity index (χ0v) is 11.3. The van der Waals surface area contributed by atoms with E-state index >= 15 is 0 Å². The van der Waals surface area contributed by atoms with Crippen molar-refractivity contribution >= 4 is 5.78 Å². The van der Waals surface area contributed by atoms with Gasteiger partial charge in [-0.3, -0.25) is 9.78 Å². The van der Waals surface area contributed by atoms with Crippen LogP contribution in [0.25, 0.3) is 0 Å². The fourth-order valence-electron chi connectivity index (χ4n) is 3.66. The van der Waals surface area contributed by atoms with E-state index in [0.29, 0.717) is 5.78 Å². The first-order valence-electron chi connectivity index (χ1n) is 7.49. The van der Waals surface area contributed by atoms with Crippen LogP contribution in [-0.4, -0.2) is 16.8 Å². The van der Waals surface area contributed by atoms with Crippen molar-refractivity contribution in [1.29, 1.82) is 0 Å². The number of nitrogens with zero attached hydrogens (tertiary/aromatic N) is 1. The van der Waals surface area contributed by atoms with Crippen LogP contribution in [0.15, 0.2) is 18.3 Å². The Kier molecular flexibility index (Phi) is 3.65. The molecule has 1 aromatic rings. The summed E-state index contributed by atoms with van der Waals surface area (Å²) in [6, 6.07) is 4.31. The minimum atomic E-state index is 0.0280. The van der Waals surface area contributed by atoms with Crippen molar-refractivity contribution in [2.45, 2.75) is 56.9 Å². The van der Waals surface area contributed by atoms with Crippen molar-refractivity contribution < 1.29 is 4.79 Å². The van der Waals surface area contributed by atoms with Crippen LogP contribution in [0.2, 0.25) is 0 Å². The van der Waals surface area contributed by atoms with E-state index < -0.39 is 0 Å². The van der Waals surface area contributed by atoms with Crippen LogP contribution in [0, 0.1) is 5.92 Å². The molecule has 102 valence electrons. The highest BCUT2D eigenvalue weighted by molar-refractivity contribution is 5.88. The third-order valence-electron chi connectivity index (χ3n) is 4.66. The molecular formula is C16H22N2O. The molecule has 1 aromatic heterocycles. The van der Waals surface area contributed by atoms with Crippen LogP contribution in [0.4, 0.5) is 0 Å². The predicted octanol–water partition coefficient (Wildman–Crippen LogP) is 2.59. The summed E-state index contributed by atoms with van der Waals surface area (Å²) in [4.78, 5) is 17.2. The second-order valence-corrected chi connectivity index (χ2v) is 6.02. The topological polar surface area (TPSA) is 56.0 Å². The third-order valence-corrected chi connectivity index (χ3v) is 4.66. The first-order chi connectivity index (χ1) is 9.25. The predicted molar refractivity (Wildman–Crippen MR) is 74.9 cm³/mol. The molecule has 1 heterocycles. The number of rotatable bonds is 2. The molecule has 0 amide bonds. The van der Waals surface area contributed by atoms with Crippen molar-refractivity contribution in [1.82, 2.24) is 4.98 Å². The molecule has 1 fully saturated rings. The standard InChI is InChI=1S/C16H22N2O/c17-13-7-1-5-12(10-13)16(19)14-8-2-4-11-6-3-9-18-15(11)14/h3,6,9,12-14H,1-2,4-5,7-8,10,17H2. The lowest BCUT2D eigenvalue weighted by Gasteiger charge is -2.30. The Morgan fingerprint density at radius 2 is 2.16 bits per heavy atom. The minimum absolute atomic E-state index is 0.0280. The van der Waals surface area contributed by atoms with Gasteiger partial charge in [-0.15, -0.1) is 0 Å². The highest BCUT2D eigenvalue weighted by Crippen LogP contribution is 2.36. The Morgan fingerprint density at radius 1 is 1.26 bits per heavy atom. The maximum atomic E-state index is 12.8. The highest BCUT2D eigenvalue weighted by atomic mass is 16.1. The van der Waals surface area contributed by atoms with E-state index in [9.17, 15) is 4.79 Å². The molecule has 3 rings (SSSR count). The second-order valence-electron chi connectivity index (χ2n) is 6.02. The van der Waals surface area contributed by atoms with Gasteiger partial charge in [-0.2, -0.15) is 0 Å². The summed E-state index contributed by atoms with van der Waals surface area (Å²) < 4.78 is 0. The number of fused-ring (bicyclic) bond motifs is 1. The molecule has 2 N–H and O–H groups in total. The molecule has 19 heavy (non-hydrogen) atoms. The van der Waals surface area contributed by atoms with Gasteiger partial charge < -0.3 is 5.73 Å². The molecule has 0 saturated heterocycles. The molecule has 0 aromatic carbocycles. The summed E-state index contributed by atoms with van der Waals surface area (Å²) in [5.41, 5.74) is 8.33. The number of hydrogen-bond donors (Lipinski definition) is 1. The Balaban J connectivity index is 1.81. The van der Waals surface area contributed by atoms with Crippen LogP contribution < -0.4 is 5.73 Å². The molecule has 0 bridgehead atoms. The average Bonchev–Trinajstić information content (AvgIpc) is 2.46. The number of hydrogen-bond acceptors (Lipinski definition) is 3. The van der Waals surface area contributed by atoms with Crippen LogP contribution in [-0.2, 0) is 11.2 Å². The molecule has 3 unspecified atom stereocenters. The summed E-state index contributed by atoms with van der Waals surface area (Å²) in [5.74, 6) is 0.594. The maximum absolute atomic E-state index is 12.8. The zero-order valence-electron chi connectivity index (χ0n) is 11.3. The van der Waals surface area contributed by atoms with Crippen molar-refractivity contribution in [2.75, 3.05) is 0 Å². The highest BCUT2D eigenvalue weighted by Gasteiger charge is 2.34. The van der Waals surface area contributed by atoms with Gasteiger partial charge in [-0.25, -0.2) is 0 Å². The van der Waals surface area contributed by atoms with Crippen molar-refractivity contribution in [3.8, 4) is 0 Å². The Labute approximate surface area is 114 Å². The van der Waals surface area contributed by atoms with E-state index in [1.807, 2.05) is 12.3 Å². The smallest absolute Gasteiger partial charge is 0.145 e. The zero-order chi connectivity index (χ0) is 13.2. The third kappa shape index (κ3) is 2.57. The van der Waals surface area contributed by atoms with Crippen LogP contribution in [0.5, 0.6) is 0 Å². The summed E-state index contributed by atoms with van der Waals surface area (Å²) in [7, 11) is 0. The molecule has 0 radical (unpaired) electrons. The monoisotopic (exact) mass is 258 g/mol. The molecule has 2 aliphatic rings. The Morgan fingerprint density at radius 3 is 3.00 bits per heavy atom. The van der Waals surface area contributed by atoms with Gasteiger partial charge in [0.1, 0.15) is 5.78 Å². The Hall–Kier alpha value is -1.22. The number of nitrogens with two attached hydrogens (primary N) is 1. The summed E-state index contributed by atoms with van der Waals surface area (Å²) >= 11 is 0. The number of carbonyl (C=O) groups is 1. The molecule has 3 heteroatoms. The number of aromatic nitrogens is 1. The van der Waals surface area contributed by atoms with Gasteiger partial charge in [0.25, 0.3) is 0 Å². The molecule has 3 atom stereocenters. The van der Waals surface area contributed by atoms with Gasteiger partial charge in [0, 0.05) is 18.2 Å². The number of ketones is 1. The van der Waals surface area contributed by atoms with Gasteiger partial charge in [0.05, 0.1) is 11.6 Å². The molecule has 2 aliphatic carbocycles. The fraction of sp³-hybridized carbons (Fsp3) is 0.625. The van der Waals surface area contributed by atoms with E-state index in [1.54, 1.807) is 0 Å². The normalized spacial score (nSPS) is 30.7. The number of pyridine rings is 1. The molecular weight excluding hydrogens is 236 g/mol. The maximum Gasteiger partial charge on any atom is 0.145 e. The van der Waals surface area contributed by atoms with E-state index in [-0.39, 0.29) is 17.9 Å². The minimum Gasteiger partial charge on any atom is -0.328 e. The van der Waals surface area contributed by atoms with Crippen molar-refractivity contribution in [3.63, 3.8) is 0 Å².